The summed E-state index contributed by atoms with van der Waals surface area (Å²) in [5, 5.41) is 9.17. The van der Waals surface area contributed by atoms with Gasteiger partial charge in [0.15, 0.2) is 0 Å². The molecule has 0 aliphatic heterocycles. The average molecular weight is 394 g/mol. The Labute approximate surface area is 173 Å². The summed E-state index contributed by atoms with van der Waals surface area (Å²) in [6.45, 7) is 7.60. The Kier molecular flexibility index (Phi) is 7.61. The van der Waals surface area contributed by atoms with Crippen LogP contribution in [0.5, 0.6) is 6.01 Å². The van der Waals surface area contributed by atoms with Gasteiger partial charge < -0.3 is 15.4 Å². The number of ether oxygens (including phenoxy) is 1. The standard InChI is InChI=1S/C23H31N5O/c1-4-6-7-10-16-24-21-26-22(28-23(27-21)29-5-2)25-17(3)19-15-11-13-18-12-8-9-14-20(18)19/h8-9,11-15,17H,4-7,10,16H2,1-3H3,(H2,24,25,26,27,28)/t17-/m1/s1. The fraction of sp³-hybridized carbons (Fsp3) is 0.435. The first-order chi connectivity index (χ1) is 14.2. The Balaban J connectivity index is 1.76. The molecule has 0 unspecified atom stereocenters. The summed E-state index contributed by atoms with van der Waals surface area (Å²) in [6.07, 6.45) is 4.77. The molecule has 3 rings (SSSR count). The molecule has 2 N–H and O–H groups in total. The monoisotopic (exact) mass is 393 g/mol. The normalized spacial score (nSPS) is 12.0. The van der Waals surface area contributed by atoms with Crippen LogP contribution in [0.4, 0.5) is 11.9 Å². The molecule has 0 spiro atoms. The number of hydrogen-bond acceptors (Lipinski definition) is 6. The second kappa shape index (κ2) is 10.6. The van der Waals surface area contributed by atoms with Gasteiger partial charge in [-0.05, 0) is 36.6 Å². The topological polar surface area (TPSA) is 72.0 Å². The van der Waals surface area contributed by atoms with Gasteiger partial charge in [-0.3, -0.25) is 0 Å². The smallest absolute Gasteiger partial charge is 0.323 e. The molecule has 0 bridgehead atoms. The number of hydrogen-bond donors (Lipinski definition) is 2. The highest BCUT2D eigenvalue weighted by Gasteiger charge is 2.13. The van der Waals surface area contributed by atoms with E-state index < -0.39 is 0 Å². The van der Waals surface area contributed by atoms with Crippen molar-refractivity contribution >= 4 is 22.7 Å². The number of fused-ring (bicyclic) bond motifs is 1. The number of anilines is 2. The van der Waals surface area contributed by atoms with E-state index in [0.717, 1.165) is 13.0 Å². The van der Waals surface area contributed by atoms with E-state index in [9.17, 15) is 0 Å². The van der Waals surface area contributed by atoms with Gasteiger partial charge in [0.05, 0.1) is 12.6 Å². The van der Waals surface area contributed by atoms with Gasteiger partial charge in [-0.25, -0.2) is 0 Å². The van der Waals surface area contributed by atoms with E-state index >= 15 is 0 Å². The third-order valence-corrected chi connectivity index (χ3v) is 4.84. The van der Waals surface area contributed by atoms with E-state index in [1.165, 1.54) is 35.6 Å². The maximum absolute atomic E-state index is 5.55. The second-order valence-electron chi connectivity index (χ2n) is 7.12. The summed E-state index contributed by atoms with van der Waals surface area (Å²) in [7, 11) is 0. The highest BCUT2D eigenvalue weighted by atomic mass is 16.5. The van der Waals surface area contributed by atoms with E-state index in [1.807, 2.05) is 6.92 Å². The van der Waals surface area contributed by atoms with E-state index in [0.29, 0.717) is 24.5 Å². The number of benzene rings is 2. The maximum Gasteiger partial charge on any atom is 0.323 e. The maximum atomic E-state index is 5.55. The SMILES string of the molecule is CCCCCCNc1nc(N[C@H](C)c2cccc3ccccc23)nc(OCC)n1. The molecule has 2 aromatic carbocycles. The van der Waals surface area contributed by atoms with Crippen molar-refractivity contribution < 1.29 is 4.74 Å². The highest BCUT2D eigenvalue weighted by molar-refractivity contribution is 5.86. The molecule has 1 heterocycles. The van der Waals surface area contributed by atoms with Crippen molar-refractivity contribution in [3.05, 3.63) is 48.0 Å². The molecule has 0 aliphatic carbocycles. The Hall–Kier alpha value is -2.89. The zero-order chi connectivity index (χ0) is 20.5. The molecule has 6 nitrogen and oxygen atoms in total. The zero-order valence-corrected chi connectivity index (χ0v) is 17.6. The molecule has 1 atom stereocenters. The molecule has 0 aliphatic rings. The molecule has 0 saturated heterocycles. The predicted octanol–water partition coefficient (Wildman–Crippen LogP) is 5.59. The van der Waals surface area contributed by atoms with Crippen molar-refractivity contribution in [3.8, 4) is 6.01 Å². The van der Waals surface area contributed by atoms with Crippen molar-refractivity contribution in [3.63, 3.8) is 0 Å². The van der Waals surface area contributed by atoms with Crippen LogP contribution in [0.25, 0.3) is 10.8 Å². The van der Waals surface area contributed by atoms with Crippen molar-refractivity contribution in [1.29, 1.82) is 0 Å². The first-order valence-electron chi connectivity index (χ1n) is 10.6. The van der Waals surface area contributed by atoms with Crippen LogP contribution in [0.15, 0.2) is 42.5 Å². The molecular weight excluding hydrogens is 362 g/mol. The molecule has 1 aromatic heterocycles. The summed E-state index contributed by atoms with van der Waals surface area (Å²) in [6, 6.07) is 15.1. The van der Waals surface area contributed by atoms with Crippen molar-refractivity contribution in [2.24, 2.45) is 0 Å². The quantitative estimate of drug-likeness (QED) is 0.414. The molecule has 6 heteroatoms. The van der Waals surface area contributed by atoms with Crippen LogP contribution in [0.2, 0.25) is 0 Å². The molecule has 0 saturated carbocycles. The van der Waals surface area contributed by atoms with Gasteiger partial charge in [-0.15, -0.1) is 0 Å². The average Bonchev–Trinajstić information content (AvgIpc) is 2.73. The van der Waals surface area contributed by atoms with Gasteiger partial charge in [0.2, 0.25) is 11.9 Å². The summed E-state index contributed by atoms with van der Waals surface area (Å²) in [4.78, 5) is 13.4. The third kappa shape index (κ3) is 5.79. The Bertz CT molecular complexity index is 909. The predicted molar refractivity (Wildman–Crippen MR) is 120 cm³/mol. The van der Waals surface area contributed by atoms with Crippen LogP contribution in [0, 0.1) is 0 Å². The number of nitrogens with one attached hydrogen (secondary N) is 2. The zero-order valence-electron chi connectivity index (χ0n) is 17.6. The summed E-state index contributed by atoms with van der Waals surface area (Å²) >= 11 is 0. The van der Waals surface area contributed by atoms with Crippen LogP contribution in [0.1, 0.15) is 58.1 Å². The number of nitrogens with zero attached hydrogens (tertiary/aromatic N) is 3. The van der Waals surface area contributed by atoms with Gasteiger partial charge >= 0.3 is 6.01 Å². The Morgan fingerprint density at radius 1 is 0.897 bits per heavy atom. The second-order valence-corrected chi connectivity index (χ2v) is 7.12. The van der Waals surface area contributed by atoms with Crippen LogP contribution in [-0.4, -0.2) is 28.1 Å². The molecule has 0 fully saturated rings. The largest absolute Gasteiger partial charge is 0.464 e. The summed E-state index contributed by atoms with van der Waals surface area (Å²) < 4.78 is 5.55. The molecular formula is C23H31N5O. The van der Waals surface area contributed by atoms with E-state index in [2.05, 4.69) is 81.9 Å². The van der Waals surface area contributed by atoms with E-state index in [4.69, 9.17) is 4.74 Å². The molecule has 0 radical (unpaired) electrons. The van der Waals surface area contributed by atoms with Gasteiger partial charge in [-0.2, -0.15) is 15.0 Å². The van der Waals surface area contributed by atoms with E-state index in [-0.39, 0.29) is 6.04 Å². The van der Waals surface area contributed by atoms with Gasteiger partial charge in [0, 0.05) is 6.54 Å². The van der Waals surface area contributed by atoms with Gasteiger partial charge in [0.1, 0.15) is 0 Å². The minimum Gasteiger partial charge on any atom is -0.464 e. The Morgan fingerprint density at radius 3 is 2.52 bits per heavy atom. The lowest BCUT2D eigenvalue weighted by Gasteiger charge is -2.17. The lowest BCUT2D eigenvalue weighted by molar-refractivity contribution is 0.312. The van der Waals surface area contributed by atoms with Crippen molar-refractivity contribution in [2.75, 3.05) is 23.8 Å². The fourth-order valence-electron chi connectivity index (χ4n) is 3.35. The van der Waals surface area contributed by atoms with Crippen molar-refractivity contribution in [1.82, 2.24) is 15.0 Å². The van der Waals surface area contributed by atoms with Gasteiger partial charge in [-0.1, -0.05) is 68.7 Å². The summed E-state index contributed by atoms with van der Waals surface area (Å²) in [5.74, 6) is 1.06. The molecule has 0 amide bonds. The first kappa shape index (κ1) is 20.8. The van der Waals surface area contributed by atoms with Crippen LogP contribution in [0.3, 0.4) is 0 Å². The van der Waals surface area contributed by atoms with Crippen molar-refractivity contribution in [2.45, 2.75) is 52.5 Å². The lowest BCUT2D eigenvalue weighted by atomic mass is 10.00. The fourth-order valence-corrected chi connectivity index (χ4v) is 3.35. The number of rotatable bonds is 11. The number of aromatic nitrogens is 3. The molecule has 154 valence electrons. The Morgan fingerprint density at radius 2 is 1.69 bits per heavy atom. The third-order valence-electron chi connectivity index (χ3n) is 4.84. The lowest BCUT2D eigenvalue weighted by Crippen LogP contribution is -2.14. The molecule has 3 aromatic rings. The highest BCUT2D eigenvalue weighted by Crippen LogP contribution is 2.26. The van der Waals surface area contributed by atoms with Crippen LogP contribution in [-0.2, 0) is 0 Å². The van der Waals surface area contributed by atoms with Gasteiger partial charge in [0.25, 0.3) is 0 Å². The first-order valence-corrected chi connectivity index (χ1v) is 10.6. The minimum absolute atomic E-state index is 0.0374. The van der Waals surface area contributed by atoms with E-state index in [1.54, 1.807) is 0 Å². The van der Waals surface area contributed by atoms with Crippen LogP contribution >= 0.6 is 0 Å². The number of unbranched alkanes of at least 4 members (excludes halogenated alkanes) is 3. The molecule has 29 heavy (non-hydrogen) atoms. The van der Waals surface area contributed by atoms with Crippen LogP contribution < -0.4 is 15.4 Å². The minimum atomic E-state index is 0.0374. The summed E-state index contributed by atoms with van der Waals surface area (Å²) in [5.41, 5.74) is 1.20.